The van der Waals surface area contributed by atoms with Crippen molar-refractivity contribution in [3.05, 3.63) is 23.8 Å². The van der Waals surface area contributed by atoms with Crippen LogP contribution in [0.15, 0.2) is 18.2 Å². The lowest BCUT2D eigenvalue weighted by Gasteiger charge is -2.16. The maximum Gasteiger partial charge on any atom is 0.252 e. The van der Waals surface area contributed by atoms with Gasteiger partial charge >= 0.3 is 0 Å². The maximum absolute atomic E-state index is 12.2. The van der Waals surface area contributed by atoms with Gasteiger partial charge in [0.1, 0.15) is 11.8 Å². The molecule has 1 atom stereocenters. The Balaban J connectivity index is 2.77. The molecule has 0 saturated heterocycles. The SMILES string of the molecule is CCOc1cc(N)cc(C(=O)NC(C)C(=O)NC(C)C)c1. The van der Waals surface area contributed by atoms with E-state index >= 15 is 0 Å². The van der Waals surface area contributed by atoms with E-state index in [2.05, 4.69) is 10.6 Å². The molecule has 4 N–H and O–H groups in total. The van der Waals surface area contributed by atoms with Crippen molar-refractivity contribution in [1.82, 2.24) is 10.6 Å². The fraction of sp³-hybridized carbons (Fsp3) is 0.467. The summed E-state index contributed by atoms with van der Waals surface area (Å²) in [4.78, 5) is 23.9. The zero-order valence-corrected chi connectivity index (χ0v) is 12.9. The summed E-state index contributed by atoms with van der Waals surface area (Å²) in [6.45, 7) is 7.68. The second-order valence-corrected chi connectivity index (χ2v) is 5.08. The molecular formula is C15H23N3O3. The highest BCUT2D eigenvalue weighted by Crippen LogP contribution is 2.19. The molecule has 1 aromatic carbocycles. The van der Waals surface area contributed by atoms with Gasteiger partial charge in [0.15, 0.2) is 0 Å². The first-order valence-electron chi connectivity index (χ1n) is 6.98. The molecule has 1 aromatic rings. The molecule has 0 radical (unpaired) electrons. The molecule has 6 nitrogen and oxygen atoms in total. The summed E-state index contributed by atoms with van der Waals surface area (Å²) in [5, 5.41) is 5.38. The third-order valence-electron chi connectivity index (χ3n) is 2.67. The highest BCUT2D eigenvalue weighted by Gasteiger charge is 2.17. The standard InChI is InChI=1S/C15H23N3O3/c1-5-21-13-7-11(6-12(16)8-13)15(20)18-10(4)14(19)17-9(2)3/h6-10H,5,16H2,1-4H3,(H,17,19)(H,18,20). The lowest BCUT2D eigenvalue weighted by atomic mass is 10.1. The number of ether oxygens (including phenoxy) is 1. The first kappa shape index (κ1) is 16.8. The molecule has 0 spiro atoms. The Morgan fingerprint density at radius 2 is 1.86 bits per heavy atom. The van der Waals surface area contributed by atoms with Crippen LogP contribution in [0.5, 0.6) is 5.75 Å². The fourth-order valence-electron chi connectivity index (χ4n) is 1.76. The molecule has 116 valence electrons. The van der Waals surface area contributed by atoms with Gasteiger partial charge in [0.25, 0.3) is 5.91 Å². The van der Waals surface area contributed by atoms with Crippen LogP contribution in [0.1, 0.15) is 38.1 Å². The van der Waals surface area contributed by atoms with E-state index in [9.17, 15) is 9.59 Å². The van der Waals surface area contributed by atoms with E-state index < -0.39 is 6.04 Å². The van der Waals surface area contributed by atoms with Crippen LogP contribution in [0.2, 0.25) is 0 Å². The summed E-state index contributed by atoms with van der Waals surface area (Å²) in [6, 6.07) is 4.19. The highest BCUT2D eigenvalue weighted by atomic mass is 16.5. The van der Waals surface area contributed by atoms with Crippen molar-refractivity contribution in [2.24, 2.45) is 0 Å². The van der Waals surface area contributed by atoms with E-state index in [4.69, 9.17) is 10.5 Å². The molecule has 0 fully saturated rings. The van der Waals surface area contributed by atoms with Gasteiger partial charge in [0, 0.05) is 23.4 Å². The predicted molar refractivity (Wildman–Crippen MR) is 82.2 cm³/mol. The first-order chi connectivity index (χ1) is 9.83. The zero-order valence-electron chi connectivity index (χ0n) is 12.9. The second kappa shape index (κ2) is 7.52. The molecule has 21 heavy (non-hydrogen) atoms. The van der Waals surface area contributed by atoms with Crippen LogP contribution in [0.4, 0.5) is 5.69 Å². The van der Waals surface area contributed by atoms with Gasteiger partial charge in [0.05, 0.1) is 6.61 Å². The van der Waals surface area contributed by atoms with Gasteiger partial charge in [-0.2, -0.15) is 0 Å². The third kappa shape index (κ3) is 5.33. The number of hydrogen-bond donors (Lipinski definition) is 3. The Bertz CT molecular complexity index is 515. The number of nitrogens with one attached hydrogen (secondary N) is 2. The molecule has 0 bridgehead atoms. The number of carbonyl (C=O) groups excluding carboxylic acids is 2. The molecule has 0 aromatic heterocycles. The van der Waals surface area contributed by atoms with Crippen LogP contribution < -0.4 is 21.1 Å². The number of hydrogen-bond acceptors (Lipinski definition) is 4. The average molecular weight is 293 g/mol. The van der Waals surface area contributed by atoms with Gasteiger partial charge in [0.2, 0.25) is 5.91 Å². The smallest absolute Gasteiger partial charge is 0.252 e. The Kier molecular flexibility index (Phi) is 6.02. The molecule has 6 heteroatoms. The Labute approximate surface area is 125 Å². The van der Waals surface area contributed by atoms with Gasteiger partial charge in [-0.25, -0.2) is 0 Å². The normalized spacial score (nSPS) is 11.9. The van der Waals surface area contributed by atoms with Crippen LogP contribution in [0.25, 0.3) is 0 Å². The maximum atomic E-state index is 12.2. The third-order valence-corrected chi connectivity index (χ3v) is 2.67. The number of nitrogens with two attached hydrogens (primary N) is 1. The lowest BCUT2D eigenvalue weighted by Crippen LogP contribution is -2.46. The molecule has 0 aliphatic heterocycles. The predicted octanol–water partition coefficient (Wildman–Crippen LogP) is 1.31. The number of benzene rings is 1. The molecule has 0 saturated carbocycles. The van der Waals surface area contributed by atoms with E-state index in [-0.39, 0.29) is 17.9 Å². The first-order valence-corrected chi connectivity index (χ1v) is 6.98. The highest BCUT2D eigenvalue weighted by molar-refractivity contribution is 5.98. The van der Waals surface area contributed by atoms with Crippen LogP contribution in [-0.4, -0.2) is 30.5 Å². The van der Waals surface area contributed by atoms with Gasteiger partial charge in [-0.05, 0) is 39.8 Å². The van der Waals surface area contributed by atoms with E-state index in [1.807, 2.05) is 20.8 Å². The van der Waals surface area contributed by atoms with E-state index in [1.54, 1.807) is 25.1 Å². The van der Waals surface area contributed by atoms with Crippen molar-refractivity contribution in [3.63, 3.8) is 0 Å². The van der Waals surface area contributed by atoms with E-state index in [0.717, 1.165) is 0 Å². The van der Waals surface area contributed by atoms with Gasteiger partial charge in [-0.1, -0.05) is 0 Å². The number of amides is 2. The fourth-order valence-corrected chi connectivity index (χ4v) is 1.76. The Morgan fingerprint density at radius 1 is 1.19 bits per heavy atom. The summed E-state index contributed by atoms with van der Waals surface area (Å²) in [5.41, 5.74) is 6.54. The summed E-state index contributed by atoms with van der Waals surface area (Å²) in [6.07, 6.45) is 0. The Hall–Kier alpha value is -2.24. The number of carbonyl (C=O) groups is 2. The quantitative estimate of drug-likeness (QED) is 0.689. The summed E-state index contributed by atoms with van der Waals surface area (Å²) in [7, 11) is 0. The van der Waals surface area contributed by atoms with Crippen LogP contribution >= 0.6 is 0 Å². The Morgan fingerprint density at radius 3 is 2.43 bits per heavy atom. The van der Waals surface area contributed by atoms with Gasteiger partial charge < -0.3 is 21.1 Å². The minimum absolute atomic E-state index is 0.0220. The topological polar surface area (TPSA) is 93.4 Å². The summed E-state index contributed by atoms with van der Waals surface area (Å²) >= 11 is 0. The van der Waals surface area contributed by atoms with Crippen molar-refractivity contribution in [2.45, 2.75) is 39.8 Å². The molecule has 0 heterocycles. The molecule has 2 amide bonds. The molecule has 1 rings (SSSR count). The van der Waals surface area contributed by atoms with Gasteiger partial charge in [-0.15, -0.1) is 0 Å². The summed E-state index contributed by atoms with van der Waals surface area (Å²) < 4.78 is 5.34. The zero-order chi connectivity index (χ0) is 16.0. The van der Waals surface area contributed by atoms with Crippen molar-refractivity contribution in [3.8, 4) is 5.75 Å². The van der Waals surface area contributed by atoms with E-state index in [1.165, 1.54) is 0 Å². The lowest BCUT2D eigenvalue weighted by molar-refractivity contribution is -0.123. The molecule has 0 aliphatic rings. The summed E-state index contributed by atoms with van der Waals surface area (Å²) in [5.74, 6) is -0.0659. The molecule has 0 aliphatic carbocycles. The minimum atomic E-state index is -0.628. The van der Waals surface area contributed by atoms with Crippen molar-refractivity contribution < 1.29 is 14.3 Å². The second-order valence-electron chi connectivity index (χ2n) is 5.08. The van der Waals surface area contributed by atoms with Crippen LogP contribution in [0, 0.1) is 0 Å². The number of anilines is 1. The van der Waals surface area contributed by atoms with Crippen molar-refractivity contribution >= 4 is 17.5 Å². The molecular weight excluding hydrogens is 270 g/mol. The van der Waals surface area contributed by atoms with Crippen molar-refractivity contribution in [2.75, 3.05) is 12.3 Å². The van der Waals surface area contributed by atoms with E-state index in [0.29, 0.717) is 23.6 Å². The average Bonchev–Trinajstić information content (AvgIpc) is 2.37. The largest absolute Gasteiger partial charge is 0.494 e. The monoisotopic (exact) mass is 293 g/mol. The number of rotatable bonds is 6. The minimum Gasteiger partial charge on any atom is -0.494 e. The molecule has 1 unspecified atom stereocenters. The van der Waals surface area contributed by atoms with Gasteiger partial charge in [-0.3, -0.25) is 9.59 Å². The number of nitrogen functional groups attached to an aromatic ring is 1. The van der Waals surface area contributed by atoms with Crippen LogP contribution in [0.3, 0.4) is 0 Å². The van der Waals surface area contributed by atoms with Crippen molar-refractivity contribution in [1.29, 1.82) is 0 Å². The van der Waals surface area contributed by atoms with Crippen LogP contribution in [-0.2, 0) is 4.79 Å².